The van der Waals surface area contributed by atoms with Crippen molar-refractivity contribution < 1.29 is 4.79 Å². The van der Waals surface area contributed by atoms with Crippen molar-refractivity contribution in [3.63, 3.8) is 0 Å². The molecule has 3 heteroatoms. The van der Waals surface area contributed by atoms with Crippen LogP contribution in [0.4, 0.5) is 0 Å². The van der Waals surface area contributed by atoms with Gasteiger partial charge in [0.2, 0.25) is 5.91 Å². The Labute approximate surface area is 87.1 Å². The normalized spacial score (nSPS) is 23.1. The third-order valence-electron chi connectivity index (χ3n) is 2.69. The first-order valence-electron chi connectivity index (χ1n) is 5.44. The number of rotatable bonds is 3. The third kappa shape index (κ3) is 2.98. The van der Waals surface area contributed by atoms with Crippen LogP contribution in [0.1, 0.15) is 20.3 Å². The molecule has 1 fully saturated rings. The molecule has 14 heavy (non-hydrogen) atoms. The number of hydrogen-bond donors (Lipinski definition) is 0. The molecule has 1 amide bonds. The van der Waals surface area contributed by atoms with E-state index in [1.165, 1.54) is 0 Å². The second kappa shape index (κ2) is 4.78. The van der Waals surface area contributed by atoms with Crippen molar-refractivity contribution >= 4 is 5.91 Å². The fraction of sp³-hybridized carbons (Fsp3) is 0.909. The van der Waals surface area contributed by atoms with Crippen LogP contribution in [0.15, 0.2) is 0 Å². The summed E-state index contributed by atoms with van der Waals surface area (Å²) in [5.41, 5.74) is 0. The van der Waals surface area contributed by atoms with E-state index in [1.807, 2.05) is 14.1 Å². The van der Waals surface area contributed by atoms with Crippen LogP contribution >= 0.6 is 0 Å². The van der Waals surface area contributed by atoms with Crippen molar-refractivity contribution in [2.24, 2.45) is 11.8 Å². The first-order valence-corrected chi connectivity index (χ1v) is 5.44. The van der Waals surface area contributed by atoms with Gasteiger partial charge in [-0.15, -0.1) is 0 Å². The Morgan fingerprint density at radius 2 is 2.14 bits per heavy atom. The van der Waals surface area contributed by atoms with Crippen LogP contribution in [-0.2, 0) is 4.79 Å². The molecular formula is C11H22N2O. The van der Waals surface area contributed by atoms with E-state index in [2.05, 4.69) is 18.7 Å². The van der Waals surface area contributed by atoms with Gasteiger partial charge in [0.15, 0.2) is 0 Å². The van der Waals surface area contributed by atoms with E-state index in [4.69, 9.17) is 0 Å². The summed E-state index contributed by atoms with van der Waals surface area (Å²) in [5, 5.41) is 0. The Morgan fingerprint density at radius 1 is 1.50 bits per heavy atom. The molecule has 0 aliphatic carbocycles. The molecule has 1 saturated heterocycles. The number of amides is 1. The minimum absolute atomic E-state index is 0.240. The molecule has 1 aliphatic rings. The van der Waals surface area contributed by atoms with Crippen LogP contribution in [0, 0.1) is 11.8 Å². The molecule has 82 valence electrons. The summed E-state index contributed by atoms with van der Waals surface area (Å²) in [5.74, 6) is 1.23. The van der Waals surface area contributed by atoms with Crippen LogP contribution < -0.4 is 0 Å². The molecule has 1 rings (SSSR count). The molecule has 1 aliphatic heterocycles. The number of nitrogens with zero attached hydrogens (tertiary/aromatic N) is 2. The highest BCUT2D eigenvalue weighted by atomic mass is 16.2. The number of likely N-dealkylation sites (tertiary alicyclic amines) is 1. The predicted molar refractivity (Wildman–Crippen MR) is 58.1 cm³/mol. The van der Waals surface area contributed by atoms with Gasteiger partial charge in [0.1, 0.15) is 0 Å². The van der Waals surface area contributed by atoms with Gasteiger partial charge in [-0.1, -0.05) is 13.8 Å². The van der Waals surface area contributed by atoms with Crippen molar-refractivity contribution in [2.75, 3.05) is 33.7 Å². The molecule has 0 N–H and O–H groups in total. The number of carbonyl (C=O) groups excluding carboxylic acids is 1. The number of carbonyl (C=O) groups is 1. The summed E-state index contributed by atoms with van der Waals surface area (Å²) < 4.78 is 0. The molecule has 0 aromatic rings. The Balaban J connectivity index is 2.37. The summed E-state index contributed by atoms with van der Waals surface area (Å²) in [6.45, 7) is 7.61. The minimum atomic E-state index is 0.240. The lowest BCUT2D eigenvalue weighted by Crippen LogP contribution is -2.32. The lowest BCUT2D eigenvalue weighted by Gasteiger charge is -2.19. The van der Waals surface area contributed by atoms with Crippen molar-refractivity contribution in [1.29, 1.82) is 0 Å². The fourth-order valence-corrected chi connectivity index (χ4v) is 2.08. The highest BCUT2D eigenvalue weighted by Crippen LogP contribution is 2.18. The van der Waals surface area contributed by atoms with Crippen LogP contribution in [0.25, 0.3) is 0 Å². The smallest absolute Gasteiger partial charge is 0.226 e. The van der Waals surface area contributed by atoms with E-state index < -0.39 is 0 Å². The van der Waals surface area contributed by atoms with Crippen LogP contribution in [0.5, 0.6) is 0 Å². The van der Waals surface area contributed by atoms with Gasteiger partial charge in [0, 0.05) is 27.2 Å². The summed E-state index contributed by atoms with van der Waals surface area (Å²) in [6.07, 6.45) is 1.03. The minimum Gasteiger partial charge on any atom is -0.349 e. The zero-order valence-corrected chi connectivity index (χ0v) is 9.79. The SMILES string of the molecule is CC(C)CN1CC[C@H](C(=O)N(C)C)C1. The predicted octanol–water partition coefficient (Wildman–Crippen LogP) is 1.05. The average molecular weight is 198 g/mol. The maximum absolute atomic E-state index is 11.7. The van der Waals surface area contributed by atoms with Crippen molar-refractivity contribution in [3.8, 4) is 0 Å². The molecule has 0 radical (unpaired) electrons. The topological polar surface area (TPSA) is 23.6 Å². The number of hydrogen-bond acceptors (Lipinski definition) is 2. The summed E-state index contributed by atoms with van der Waals surface area (Å²) in [6, 6.07) is 0. The lowest BCUT2D eigenvalue weighted by molar-refractivity contribution is -0.132. The molecule has 0 unspecified atom stereocenters. The van der Waals surface area contributed by atoms with Gasteiger partial charge >= 0.3 is 0 Å². The molecule has 0 saturated carbocycles. The fourth-order valence-electron chi connectivity index (χ4n) is 2.08. The second-order valence-corrected chi connectivity index (χ2v) is 4.87. The molecular weight excluding hydrogens is 176 g/mol. The lowest BCUT2D eigenvalue weighted by atomic mass is 10.1. The maximum Gasteiger partial charge on any atom is 0.226 e. The van der Waals surface area contributed by atoms with Crippen molar-refractivity contribution in [1.82, 2.24) is 9.80 Å². The van der Waals surface area contributed by atoms with Gasteiger partial charge in [-0.05, 0) is 18.9 Å². The first kappa shape index (κ1) is 11.5. The Kier molecular flexibility index (Phi) is 3.93. The Hall–Kier alpha value is -0.570. The molecule has 3 nitrogen and oxygen atoms in total. The summed E-state index contributed by atoms with van der Waals surface area (Å²) >= 11 is 0. The summed E-state index contributed by atoms with van der Waals surface area (Å²) in [7, 11) is 3.68. The Morgan fingerprint density at radius 3 is 2.64 bits per heavy atom. The highest BCUT2D eigenvalue weighted by molar-refractivity contribution is 5.78. The largest absolute Gasteiger partial charge is 0.349 e. The van der Waals surface area contributed by atoms with Crippen LogP contribution in [-0.4, -0.2) is 49.4 Å². The van der Waals surface area contributed by atoms with E-state index in [-0.39, 0.29) is 11.8 Å². The summed E-state index contributed by atoms with van der Waals surface area (Å²) in [4.78, 5) is 15.8. The second-order valence-electron chi connectivity index (χ2n) is 4.87. The van der Waals surface area contributed by atoms with E-state index in [9.17, 15) is 4.79 Å². The molecule has 1 atom stereocenters. The molecule has 0 spiro atoms. The molecule has 0 bridgehead atoms. The molecule has 0 aromatic carbocycles. The van der Waals surface area contributed by atoms with Crippen molar-refractivity contribution in [2.45, 2.75) is 20.3 Å². The van der Waals surface area contributed by atoms with Crippen LogP contribution in [0.2, 0.25) is 0 Å². The average Bonchev–Trinajstić information content (AvgIpc) is 2.50. The van der Waals surface area contributed by atoms with E-state index in [1.54, 1.807) is 4.90 Å². The van der Waals surface area contributed by atoms with Gasteiger partial charge in [0.05, 0.1) is 5.92 Å². The molecule has 0 aromatic heterocycles. The zero-order valence-electron chi connectivity index (χ0n) is 9.79. The van der Waals surface area contributed by atoms with Gasteiger partial charge < -0.3 is 9.80 Å². The van der Waals surface area contributed by atoms with E-state index in [0.29, 0.717) is 5.92 Å². The van der Waals surface area contributed by atoms with Crippen LogP contribution in [0.3, 0.4) is 0 Å². The quantitative estimate of drug-likeness (QED) is 0.677. The monoisotopic (exact) mass is 198 g/mol. The van der Waals surface area contributed by atoms with Gasteiger partial charge in [-0.2, -0.15) is 0 Å². The first-order chi connectivity index (χ1) is 6.50. The van der Waals surface area contributed by atoms with Gasteiger partial charge in [-0.25, -0.2) is 0 Å². The zero-order chi connectivity index (χ0) is 10.7. The van der Waals surface area contributed by atoms with E-state index >= 15 is 0 Å². The van der Waals surface area contributed by atoms with E-state index in [0.717, 1.165) is 26.1 Å². The third-order valence-corrected chi connectivity index (χ3v) is 2.69. The molecule has 1 heterocycles. The standard InChI is InChI=1S/C11H22N2O/c1-9(2)7-13-6-5-10(8-13)11(14)12(3)4/h9-10H,5-8H2,1-4H3/t10-/m0/s1. The maximum atomic E-state index is 11.7. The van der Waals surface area contributed by atoms with Gasteiger partial charge in [-0.3, -0.25) is 4.79 Å². The Bertz CT molecular complexity index is 201. The highest BCUT2D eigenvalue weighted by Gasteiger charge is 2.29. The van der Waals surface area contributed by atoms with Crippen molar-refractivity contribution in [3.05, 3.63) is 0 Å². The van der Waals surface area contributed by atoms with Gasteiger partial charge in [0.25, 0.3) is 0 Å².